The highest BCUT2D eigenvalue weighted by molar-refractivity contribution is 5.92. The van der Waals surface area contributed by atoms with Gasteiger partial charge in [-0.1, -0.05) is 23.4 Å². The van der Waals surface area contributed by atoms with Crippen molar-refractivity contribution in [2.45, 2.75) is 13.0 Å². The van der Waals surface area contributed by atoms with E-state index in [1.807, 2.05) is 29.2 Å². The first-order valence-electron chi connectivity index (χ1n) is 7.28. The molecule has 1 aromatic carbocycles. The number of nitrogens with one attached hydrogen (secondary N) is 1. The zero-order chi connectivity index (χ0) is 15.5. The topological polar surface area (TPSA) is 67.6 Å². The molecular weight excluding hydrogens is 282 g/mol. The lowest BCUT2D eigenvalue weighted by Gasteiger charge is -2.36. The van der Waals surface area contributed by atoms with Gasteiger partial charge in [-0.3, -0.25) is 4.79 Å². The highest BCUT2D eigenvalue weighted by atomic mass is 16.5. The second-order valence-electron chi connectivity index (χ2n) is 5.28. The van der Waals surface area contributed by atoms with Gasteiger partial charge in [0.05, 0.1) is 13.2 Å². The molecule has 6 nitrogen and oxygen atoms in total. The molecule has 1 fully saturated rings. The minimum absolute atomic E-state index is 0.0885. The fraction of sp³-hybridized carbons (Fsp3) is 0.375. The summed E-state index contributed by atoms with van der Waals surface area (Å²) >= 11 is 0. The van der Waals surface area contributed by atoms with E-state index in [4.69, 9.17) is 9.26 Å². The molecule has 1 amide bonds. The molecule has 0 unspecified atom stereocenters. The van der Waals surface area contributed by atoms with Crippen molar-refractivity contribution in [3.05, 3.63) is 47.3 Å². The zero-order valence-electron chi connectivity index (χ0n) is 12.7. The Bertz CT molecular complexity index is 668. The first-order chi connectivity index (χ1) is 10.7. The van der Waals surface area contributed by atoms with Gasteiger partial charge >= 0.3 is 0 Å². The van der Waals surface area contributed by atoms with Gasteiger partial charge in [0.2, 0.25) is 0 Å². The van der Waals surface area contributed by atoms with E-state index in [9.17, 15) is 4.79 Å². The molecule has 2 heterocycles. The average molecular weight is 301 g/mol. The van der Waals surface area contributed by atoms with Crippen LogP contribution in [0.25, 0.3) is 0 Å². The quantitative estimate of drug-likeness (QED) is 0.936. The SMILES string of the molecule is COc1ccccc1[C@@H]1CNCCN1C(=O)c1cc(C)on1. The maximum atomic E-state index is 12.7. The minimum Gasteiger partial charge on any atom is -0.496 e. The number of aryl methyl sites for hydroxylation is 1. The van der Waals surface area contributed by atoms with Crippen LogP contribution in [-0.4, -0.2) is 42.7 Å². The predicted molar refractivity (Wildman–Crippen MR) is 80.9 cm³/mol. The summed E-state index contributed by atoms with van der Waals surface area (Å²) in [6, 6.07) is 9.36. The van der Waals surface area contributed by atoms with Crippen LogP contribution in [0, 0.1) is 6.92 Å². The number of para-hydroxylation sites is 1. The van der Waals surface area contributed by atoms with Crippen LogP contribution in [0.5, 0.6) is 5.75 Å². The number of benzene rings is 1. The van der Waals surface area contributed by atoms with Crippen LogP contribution >= 0.6 is 0 Å². The molecule has 1 atom stereocenters. The van der Waals surface area contributed by atoms with Crippen molar-refractivity contribution in [2.75, 3.05) is 26.7 Å². The van der Waals surface area contributed by atoms with Gasteiger partial charge in [0, 0.05) is 31.3 Å². The molecule has 1 aliphatic rings. The van der Waals surface area contributed by atoms with Gasteiger partial charge in [-0.05, 0) is 13.0 Å². The Morgan fingerprint density at radius 3 is 3.00 bits per heavy atom. The number of carbonyl (C=O) groups excluding carboxylic acids is 1. The van der Waals surface area contributed by atoms with Crippen molar-refractivity contribution >= 4 is 5.91 Å². The lowest BCUT2D eigenvalue weighted by atomic mass is 10.0. The Labute approximate surface area is 129 Å². The molecule has 6 heteroatoms. The smallest absolute Gasteiger partial charge is 0.276 e. The summed E-state index contributed by atoms with van der Waals surface area (Å²) in [5, 5.41) is 7.18. The van der Waals surface area contributed by atoms with Gasteiger partial charge in [-0.2, -0.15) is 0 Å². The van der Waals surface area contributed by atoms with Crippen molar-refractivity contribution in [3.63, 3.8) is 0 Å². The average Bonchev–Trinajstić information content (AvgIpc) is 3.00. The molecule has 22 heavy (non-hydrogen) atoms. The number of ether oxygens (including phenoxy) is 1. The van der Waals surface area contributed by atoms with Crippen LogP contribution in [0.15, 0.2) is 34.9 Å². The summed E-state index contributed by atoms with van der Waals surface area (Å²) in [5.41, 5.74) is 1.34. The summed E-state index contributed by atoms with van der Waals surface area (Å²) in [4.78, 5) is 14.6. The Kier molecular flexibility index (Phi) is 4.11. The standard InChI is InChI=1S/C16H19N3O3/c1-11-9-13(18-22-11)16(20)19-8-7-17-10-14(19)12-5-3-4-6-15(12)21-2/h3-6,9,14,17H,7-8,10H2,1-2H3/t14-/m0/s1. The van der Waals surface area contributed by atoms with E-state index < -0.39 is 0 Å². The van der Waals surface area contributed by atoms with Crippen LogP contribution in [0.2, 0.25) is 0 Å². The number of methoxy groups -OCH3 is 1. The fourth-order valence-corrected chi connectivity index (χ4v) is 2.78. The molecule has 1 N–H and O–H groups in total. The molecule has 2 aromatic rings. The predicted octanol–water partition coefficient (Wildman–Crippen LogP) is 1.78. The van der Waals surface area contributed by atoms with Crippen molar-refractivity contribution < 1.29 is 14.1 Å². The summed E-state index contributed by atoms with van der Waals surface area (Å²) in [7, 11) is 1.64. The lowest BCUT2D eigenvalue weighted by Crippen LogP contribution is -2.48. The Hall–Kier alpha value is -2.34. The van der Waals surface area contributed by atoms with Gasteiger partial charge in [0.1, 0.15) is 11.5 Å². The molecule has 0 radical (unpaired) electrons. The third-order valence-electron chi connectivity index (χ3n) is 3.85. The Morgan fingerprint density at radius 1 is 1.45 bits per heavy atom. The maximum Gasteiger partial charge on any atom is 0.276 e. The van der Waals surface area contributed by atoms with Crippen LogP contribution < -0.4 is 10.1 Å². The number of rotatable bonds is 3. The van der Waals surface area contributed by atoms with Gasteiger partial charge in [-0.15, -0.1) is 0 Å². The second kappa shape index (κ2) is 6.19. The van der Waals surface area contributed by atoms with E-state index in [1.54, 1.807) is 20.1 Å². The van der Waals surface area contributed by atoms with E-state index >= 15 is 0 Å². The summed E-state index contributed by atoms with van der Waals surface area (Å²) in [6.45, 7) is 3.84. The van der Waals surface area contributed by atoms with Gasteiger partial charge in [0.15, 0.2) is 5.69 Å². The number of piperazine rings is 1. The van der Waals surface area contributed by atoms with E-state index in [0.29, 0.717) is 24.5 Å². The number of hydrogen-bond acceptors (Lipinski definition) is 5. The van der Waals surface area contributed by atoms with Crippen molar-refractivity contribution in [3.8, 4) is 5.75 Å². The Morgan fingerprint density at radius 2 is 2.27 bits per heavy atom. The third kappa shape index (κ3) is 2.69. The largest absolute Gasteiger partial charge is 0.496 e. The number of carbonyl (C=O) groups is 1. The van der Waals surface area contributed by atoms with E-state index in [1.165, 1.54) is 0 Å². The Balaban J connectivity index is 1.93. The highest BCUT2D eigenvalue weighted by Crippen LogP contribution is 2.31. The van der Waals surface area contributed by atoms with Gasteiger partial charge in [0.25, 0.3) is 5.91 Å². The molecule has 116 valence electrons. The van der Waals surface area contributed by atoms with Crippen LogP contribution in [0.3, 0.4) is 0 Å². The van der Waals surface area contributed by atoms with E-state index in [0.717, 1.165) is 17.9 Å². The monoisotopic (exact) mass is 301 g/mol. The fourth-order valence-electron chi connectivity index (χ4n) is 2.78. The number of hydrogen-bond donors (Lipinski definition) is 1. The van der Waals surface area contributed by atoms with E-state index in [-0.39, 0.29) is 11.9 Å². The molecule has 0 saturated carbocycles. The first kappa shape index (κ1) is 14.6. The molecule has 3 rings (SSSR count). The highest BCUT2D eigenvalue weighted by Gasteiger charge is 2.31. The maximum absolute atomic E-state index is 12.7. The third-order valence-corrected chi connectivity index (χ3v) is 3.85. The number of nitrogens with zero attached hydrogens (tertiary/aromatic N) is 2. The summed E-state index contributed by atoms with van der Waals surface area (Å²) in [5.74, 6) is 1.30. The van der Waals surface area contributed by atoms with Crippen LogP contribution in [-0.2, 0) is 0 Å². The van der Waals surface area contributed by atoms with Crippen LogP contribution in [0.4, 0.5) is 0 Å². The first-order valence-corrected chi connectivity index (χ1v) is 7.28. The minimum atomic E-state index is -0.116. The molecular formula is C16H19N3O3. The van der Waals surface area contributed by atoms with Crippen molar-refractivity contribution in [1.29, 1.82) is 0 Å². The van der Waals surface area contributed by atoms with E-state index in [2.05, 4.69) is 10.5 Å². The molecule has 0 aliphatic carbocycles. The number of aromatic nitrogens is 1. The molecule has 0 bridgehead atoms. The van der Waals surface area contributed by atoms with Crippen LogP contribution in [0.1, 0.15) is 27.9 Å². The molecule has 1 aromatic heterocycles. The number of amides is 1. The summed E-state index contributed by atoms with van der Waals surface area (Å²) < 4.78 is 10.5. The molecule has 1 aliphatic heterocycles. The zero-order valence-corrected chi connectivity index (χ0v) is 12.7. The van der Waals surface area contributed by atoms with Crippen molar-refractivity contribution in [2.24, 2.45) is 0 Å². The van der Waals surface area contributed by atoms with Crippen molar-refractivity contribution in [1.82, 2.24) is 15.4 Å². The molecule has 1 saturated heterocycles. The van der Waals surface area contributed by atoms with Gasteiger partial charge < -0.3 is 19.5 Å². The normalized spacial score (nSPS) is 18.3. The van der Waals surface area contributed by atoms with Gasteiger partial charge in [-0.25, -0.2) is 0 Å². The lowest BCUT2D eigenvalue weighted by molar-refractivity contribution is 0.0621. The summed E-state index contributed by atoms with van der Waals surface area (Å²) in [6.07, 6.45) is 0. The molecule has 0 spiro atoms. The second-order valence-corrected chi connectivity index (χ2v) is 5.28.